The molecule has 3 unspecified atom stereocenters. The number of methoxy groups -OCH3 is 2. The molecule has 2 fully saturated rings. The highest BCUT2D eigenvalue weighted by Gasteiger charge is 2.46. The van der Waals surface area contributed by atoms with Crippen LogP contribution >= 0.6 is 8.60 Å². The zero-order valence-electron chi connectivity index (χ0n) is 59.4. The Morgan fingerprint density at radius 1 is 0.670 bits per heavy atom. The molecule has 1 aliphatic carbocycles. The Labute approximate surface area is 614 Å². The number of carbonyl (C=O) groups is 4. The highest BCUT2D eigenvalue weighted by atomic mass is 31.2. The van der Waals surface area contributed by atoms with Crippen LogP contribution in [0.3, 0.4) is 0 Å². The molecule has 0 saturated carbocycles. The van der Waals surface area contributed by atoms with E-state index in [0.717, 1.165) is 50.9 Å². The number of aryl methyl sites for hydroxylation is 1. The van der Waals surface area contributed by atoms with Crippen LogP contribution < -0.4 is 20.1 Å². The van der Waals surface area contributed by atoms with E-state index in [1.807, 2.05) is 115 Å². The number of imidazole rings is 2. The highest BCUT2D eigenvalue weighted by Crippen LogP contribution is 2.50. The maximum atomic E-state index is 13.9. The fourth-order valence-corrected chi connectivity index (χ4v) is 14.7. The number of ketones is 1. The number of ether oxygens (including phenoxy) is 6. The molecule has 10 aromatic rings. The maximum absolute atomic E-state index is 13.9. The van der Waals surface area contributed by atoms with Gasteiger partial charge in [0.15, 0.2) is 34.0 Å². The molecule has 4 aromatic heterocycles. The number of aromatic nitrogens is 8. The van der Waals surface area contributed by atoms with Crippen molar-refractivity contribution in [3.05, 3.63) is 216 Å². The van der Waals surface area contributed by atoms with Gasteiger partial charge in [0.05, 0.1) is 71.4 Å². The predicted molar refractivity (Wildman–Crippen MR) is 393 cm³/mol. The van der Waals surface area contributed by atoms with E-state index in [1.54, 1.807) is 48.9 Å². The molecule has 2 aliphatic heterocycles. The molecular formula is C79H83N12O14P. The van der Waals surface area contributed by atoms with Gasteiger partial charge in [-0.25, -0.2) is 34.7 Å². The summed E-state index contributed by atoms with van der Waals surface area (Å²) >= 11 is 0. The minimum Gasteiger partial charge on any atom is -0.497 e. The molecule has 0 radical (unpaired) electrons. The quantitative estimate of drug-likeness (QED) is 0.0195. The Morgan fingerprint density at radius 2 is 1.25 bits per heavy atom. The first-order valence-electron chi connectivity index (χ1n) is 35.4. The molecule has 7 atom stereocenters. The van der Waals surface area contributed by atoms with Gasteiger partial charge in [0, 0.05) is 57.2 Å². The van der Waals surface area contributed by atoms with Crippen LogP contribution in [0.5, 0.6) is 11.5 Å². The molecule has 3 aliphatic rings. The van der Waals surface area contributed by atoms with E-state index in [2.05, 4.69) is 79.7 Å². The lowest BCUT2D eigenvalue weighted by atomic mass is 9.80. The number of hydrogen-bond acceptors (Lipinski definition) is 21. The molecule has 3 amide bonds. The third-order valence-electron chi connectivity index (χ3n) is 19.3. The molecule has 27 heteroatoms. The largest absolute Gasteiger partial charge is 0.497 e. The summed E-state index contributed by atoms with van der Waals surface area (Å²) in [5.41, 5.74) is 8.14. The second-order valence-electron chi connectivity index (χ2n) is 26.6. The molecule has 26 nitrogen and oxygen atoms in total. The fourth-order valence-electron chi connectivity index (χ4n) is 13.6. The van der Waals surface area contributed by atoms with Crippen LogP contribution in [0.15, 0.2) is 177 Å². The first-order chi connectivity index (χ1) is 51.7. The average Bonchev–Trinajstić information content (AvgIpc) is 1.12. The number of rotatable bonds is 33. The van der Waals surface area contributed by atoms with Crippen LogP contribution in [-0.4, -0.2) is 151 Å². The molecule has 106 heavy (non-hydrogen) atoms. The van der Waals surface area contributed by atoms with Crippen LogP contribution in [0.4, 0.5) is 16.4 Å². The number of nitrogens with one attached hydrogen (secondary N) is 2. The number of amides is 3. The number of aliphatic hydroxyl groups excluding tert-OH is 1. The fraction of sp³-hybridized carbons (Fsp3) is 0.354. The van der Waals surface area contributed by atoms with Gasteiger partial charge in [0.1, 0.15) is 66.8 Å². The van der Waals surface area contributed by atoms with Crippen molar-refractivity contribution in [1.82, 2.24) is 43.9 Å². The number of Topliss-reactive ketones (excluding diaryl/α,β-unsaturated/α-hetero) is 1. The van der Waals surface area contributed by atoms with Gasteiger partial charge >= 0.3 is 14.7 Å². The smallest absolute Gasteiger partial charge is 0.409 e. The number of anilines is 2. The zero-order valence-corrected chi connectivity index (χ0v) is 60.3. The van der Waals surface area contributed by atoms with Crippen LogP contribution in [0.2, 0.25) is 0 Å². The molecule has 13 rings (SSSR count). The van der Waals surface area contributed by atoms with E-state index in [-0.39, 0.29) is 93.4 Å². The van der Waals surface area contributed by atoms with Crippen molar-refractivity contribution in [2.24, 2.45) is 5.92 Å². The number of nitriles is 1. The third kappa shape index (κ3) is 16.8. The van der Waals surface area contributed by atoms with E-state index >= 15 is 0 Å². The molecular weight excluding hydrogens is 1370 g/mol. The Hall–Kier alpha value is -10.5. The summed E-state index contributed by atoms with van der Waals surface area (Å²) in [5, 5.41) is 27.2. The molecule has 0 spiro atoms. The molecule has 548 valence electrons. The van der Waals surface area contributed by atoms with Crippen LogP contribution in [0.1, 0.15) is 127 Å². The van der Waals surface area contributed by atoms with Crippen molar-refractivity contribution in [3.8, 4) is 28.7 Å². The molecule has 6 aromatic carbocycles. The SMILES string of the molecule is COc1ccc(C(OC[C@H]2O[C@@H](n3cnc4c(NC(=O)c5ccc(CCC(=O)CCC(C)C)cc5)ncnc43)CC2OP(OCCC#N)OC[C@H]2O[C@@H](n3cnc4c(NC(=O)CCCN(C)C(=O)OCC5c6ccccc6-c6ccccc65)ncnc43)CC2O)(c2ccccc2)c2ccc(OC)cc2)cc1. The standard InChI is InChI=1S/C79H83N12O14P/c1-50(2)22-32-56(92)33-25-51-23-26-52(27-24-51)77(95)88-74-72-76(84-47-82-74)91(49-86-72)70-42-65(67(104-70)44-100-79(53-15-7-6-8-16-53,54-28-34-57(97-4)35-29-54)55-30-36-58(98-5)37-31-55)105-106(101-40-14-38-80)102-45-66-64(93)41-69(103-66)90-48-85-71-73(81-46-83-75(71)90)87-68(94)21-13-39-89(3)78(96)99-43-63-61-19-11-9-17-59(61)60-18-10-12-20-62(60)63/h6-12,15-20,23-24,26-31,34-37,46-50,63-67,69-70,93H,13-14,21-22,25,32-33,39-45H2,1-5H3,(H,81,83,87,94)(H,82,84,88,95)/t64?,65?,66-,67-,69-,70-,106?/m1/s1. The highest BCUT2D eigenvalue weighted by molar-refractivity contribution is 7.41. The number of hydrogen-bond donors (Lipinski definition) is 3. The van der Waals surface area contributed by atoms with Crippen LogP contribution in [0, 0.1) is 17.2 Å². The molecule has 0 bridgehead atoms. The van der Waals surface area contributed by atoms with Crippen molar-refractivity contribution in [2.45, 2.75) is 120 Å². The second-order valence-corrected chi connectivity index (χ2v) is 27.8. The summed E-state index contributed by atoms with van der Waals surface area (Å²) in [6, 6.07) is 50.6. The number of fused-ring (bicyclic) bond motifs is 5. The van der Waals surface area contributed by atoms with E-state index in [0.29, 0.717) is 65.5 Å². The number of nitrogens with zero attached hydrogens (tertiary/aromatic N) is 10. The average molecular weight is 1460 g/mol. The molecule has 3 N–H and O–H groups in total. The minimum absolute atomic E-state index is 0.000584. The van der Waals surface area contributed by atoms with Crippen molar-refractivity contribution in [3.63, 3.8) is 0 Å². The lowest BCUT2D eigenvalue weighted by Gasteiger charge is -2.37. The summed E-state index contributed by atoms with van der Waals surface area (Å²) < 4.78 is 61.1. The Bertz CT molecular complexity index is 4640. The van der Waals surface area contributed by atoms with E-state index < -0.39 is 63.1 Å². The van der Waals surface area contributed by atoms with E-state index in [4.69, 9.17) is 47.0 Å². The first-order valence-corrected chi connectivity index (χ1v) is 36.5. The number of carbonyl (C=O) groups excluding carboxylic acids is 4. The van der Waals surface area contributed by atoms with Crippen molar-refractivity contribution in [1.29, 1.82) is 5.26 Å². The minimum atomic E-state index is -2.34. The lowest BCUT2D eigenvalue weighted by molar-refractivity contribution is -0.119. The Morgan fingerprint density at radius 3 is 1.87 bits per heavy atom. The first kappa shape index (κ1) is 73.8. The summed E-state index contributed by atoms with van der Waals surface area (Å²) in [5.74, 6) is 1.43. The van der Waals surface area contributed by atoms with E-state index in [1.165, 1.54) is 23.9 Å². The van der Waals surface area contributed by atoms with Gasteiger partial charge < -0.3 is 62.6 Å². The second kappa shape index (κ2) is 34.2. The molecule has 6 heterocycles. The van der Waals surface area contributed by atoms with Crippen LogP contribution in [-0.2, 0) is 54.1 Å². The normalized spacial score (nSPS) is 17.9. The van der Waals surface area contributed by atoms with Crippen molar-refractivity contribution >= 4 is 66.3 Å². The topological polar surface area (TPSA) is 310 Å². The maximum Gasteiger partial charge on any atom is 0.409 e. The lowest BCUT2D eigenvalue weighted by Crippen LogP contribution is -2.38. The summed E-state index contributed by atoms with van der Waals surface area (Å²) in [4.78, 5) is 81.7. The van der Waals surface area contributed by atoms with E-state index in [9.17, 15) is 29.5 Å². The van der Waals surface area contributed by atoms with Gasteiger partial charge in [-0.15, -0.1) is 0 Å². The van der Waals surface area contributed by atoms with Crippen LogP contribution in [0.25, 0.3) is 33.5 Å². The van der Waals surface area contributed by atoms with Gasteiger partial charge in [-0.3, -0.25) is 23.5 Å². The van der Waals surface area contributed by atoms with Crippen molar-refractivity contribution in [2.75, 3.05) is 64.9 Å². The predicted octanol–water partition coefficient (Wildman–Crippen LogP) is 13.0. The van der Waals surface area contributed by atoms with Gasteiger partial charge in [0.25, 0.3) is 5.91 Å². The van der Waals surface area contributed by atoms with Gasteiger partial charge in [0.2, 0.25) is 5.91 Å². The van der Waals surface area contributed by atoms with Crippen molar-refractivity contribution < 1.29 is 66.3 Å². The number of aliphatic hydroxyl groups is 1. The molecule has 2 saturated heterocycles. The summed E-state index contributed by atoms with van der Waals surface area (Å²) in [6.45, 7) is 4.25. The Balaban J connectivity index is 0.698. The third-order valence-corrected chi connectivity index (χ3v) is 20.5. The summed E-state index contributed by atoms with van der Waals surface area (Å²) in [6.07, 6.45) is 2.92. The van der Waals surface area contributed by atoms with Gasteiger partial charge in [-0.1, -0.05) is 129 Å². The van der Waals surface area contributed by atoms with Gasteiger partial charge in [-0.05, 0) is 106 Å². The Kier molecular flexibility index (Phi) is 23.8. The van der Waals surface area contributed by atoms with Gasteiger partial charge in [-0.2, -0.15) is 5.26 Å². The zero-order chi connectivity index (χ0) is 73.7. The summed E-state index contributed by atoms with van der Waals surface area (Å²) in [7, 11) is 2.51. The monoisotopic (exact) mass is 1450 g/mol. The number of benzene rings is 6.